The molecular weight excluding hydrogens is 368 g/mol. The normalized spacial score (nSPS) is 10.2. The van der Waals surface area contributed by atoms with Crippen LogP contribution in [0.2, 0.25) is 5.02 Å². The predicted molar refractivity (Wildman–Crippen MR) is 78.9 cm³/mol. The van der Waals surface area contributed by atoms with Gasteiger partial charge in [-0.15, -0.1) is 0 Å². The van der Waals surface area contributed by atoms with Crippen molar-refractivity contribution in [1.82, 2.24) is 9.97 Å². The van der Waals surface area contributed by atoms with E-state index in [4.69, 9.17) is 16.3 Å². The van der Waals surface area contributed by atoms with Crippen LogP contribution in [0.5, 0.6) is 5.75 Å². The molecular formula is C11H9ClIN3O2. The van der Waals surface area contributed by atoms with Crippen LogP contribution in [0.3, 0.4) is 0 Å². The van der Waals surface area contributed by atoms with E-state index >= 15 is 0 Å². The quantitative estimate of drug-likeness (QED) is 0.807. The van der Waals surface area contributed by atoms with Crippen molar-refractivity contribution in [2.75, 3.05) is 12.4 Å². The number of nitrogens with zero attached hydrogens (tertiary/aromatic N) is 1. The van der Waals surface area contributed by atoms with Gasteiger partial charge >= 0.3 is 0 Å². The number of halogens is 2. The molecule has 0 radical (unpaired) electrons. The molecule has 2 rings (SSSR count). The minimum Gasteiger partial charge on any atom is -0.495 e. The number of benzene rings is 1. The van der Waals surface area contributed by atoms with Gasteiger partial charge in [-0.2, -0.15) is 0 Å². The first kappa shape index (κ1) is 13.2. The number of aromatic amines is 1. The molecule has 0 aliphatic heterocycles. The summed E-state index contributed by atoms with van der Waals surface area (Å²) in [6, 6.07) is 5.23. The molecule has 0 saturated carbocycles. The number of anilines is 2. The summed E-state index contributed by atoms with van der Waals surface area (Å²) in [6.07, 6.45) is 1.35. The van der Waals surface area contributed by atoms with E-state index in [1.165, 1.54) is 6.33 Å². The Labute approximate surface area is 122 Å². The number of hydrogen-bond acceptors (Lipinski definition) is 4. The molecule has 0 atom stereocenters. The Morgan fingerprint density at radius 3 is 3.00 bits per heavy atom. The SMILES string of the molecule is COc1cc(Nc2nc[nH]c(=O)c2I)ccc1Cl. The second-order valence-electron chi connectivity index (χ2n) is 3.37. The molecule has 7 heteroatoms. The smallest absolute Gasteiger partial charge is 0.266 e. The van der Waals surface area contributed by atoms with E-state index in [9.17, 15) is 4.79 Å². The largest absolute Gasteiger partial charge is 0.495 e. The highest BCUT2D eigenvalue weighted by Gasteiger charge is 2.07. The van der Waals surface area contributed by atoms with E-state index in [1.807, 2.05) is 22.6 Å². The highest BCUT2D eigenvalue weighted by Crippen LogP contribution is 2.28. The average Bonchev–Trinajstić information content (AvgIpc) is 2.37. The third-order valence-corrected chi connectivity index (χ3v) is 3.52. The number of nitrogens with one attached hydrogen (secondary N) is 2. The lowest BCUT2D eigenvalue weighted by molar-refractivity contribution is 0.415. The van der Waals surface area contributed by atoms with Gasteiger partial charge in [0, 0.05) is 11.8 Å². The molecule has 2 aromatic rings. The van der Waals surface area contributed by atoms with Gasteiger partial charge in [-0.25, -0.2) is 4.98 Å². The molecule has 0 aliphatic rings. The van der Waals surface area contributed by atoms with Gasteiger partial charge in [0.15, 0.2) is 5.82 Å². The molecule has 94 valence electrons. The summed E-state index contributed by atoms with van der Waals surface area (Å²) in [5, 5.41) is 3.56. The molecule has 0 bridgehead atoms. The van der Waals surface area contributed by atoms with Crippen LogP contribution in [0.15, 0.2) is 29.3 Å². The molecule has 5 nitrogen and oxygen atoms in total. The molecule has 0 spiro atoms. The Morgan fingerprint density at radius 1 is 1.50 bits per heavy atom. The first-order chi connectivity index (χ1) is 8.61. The topological polar surface area (TPSA) is 67.0 Å². The van der Waals surface area contributed by atoms with Gasteiger partial charge in [0.1, 0.15) is 9.32 Å². The molecule has 2 N–H and O–H groups in total. The fourth-order valence-corrected chi connectivity index (χ4v) is 1.97. The minimum atomic E-state index is -0.186. The number of methoxy groups -OCH3 is 1. The summed E-state index contributed by atoms with van der Waals surface area (Å²) in [7, 11) is 1.54. The van der Waals surface area contributed by atoms with Gasteiger partial charge < -0.3 is 15.0 Å². The van der Waals surface area contributed by atoms with Gasteiger partial charge in [-0.1, -0.05) is 11.6 Å². The molecule has 0 saturated heterocycles. The third kappa shape index (κ3) is 2.75. The second-order valence-corrected chi connectivity index (χ2v) is 4.85. The first-order valence-corrected chi connectivity index (χ1v) is 6.41. The van der Waals surface area contributed by atoms with Crippen molar-refractivity contribution in [3.05, 3.63) is 43.5 Å². The van der Waals surface area contributed by atoms with E-state index in [0.717, 1.165) is 5.69 Å². The van der Waals surface area contributed by atoms with Crippen LogP contribution in [0.25, 0.3) is 0 Å². The Kier molecular flexibility index (Phi) is 4.07. The summed E-state index contributed by atoms with van der Waals surface area (Å²) in [5.41, 5.74) is 0.557. The number of H-pyrrole nitrogens is 1. The Hall–Kier alpha value is -1.28. The van der Waals surface area contributed by atoms with Crippen molar-refractivity contribution in [3.8, 4) is 5.75 Å². The Morgan fingerprint density at radius 2 is 2.28 bits per heavy atom. The summed E-state index contributed by atoms with van der Waals surface area (Å²) in [5.74, 6) is 1.05. The van der Waals surface area contributed by atoms with Gasteiger partial charge in [-0.3, -0.25) is 4.79 Å². The van der Waals surface area contributed by atoms with Crippen LogP contribution in [0.1, 0.15) is 0 Å². The van der Waals surface area contributed by atoms with Crippen molar-refractivity contribution in [1.29, 1.82) is 0 Å². The fourth-order valence-electron chi connectivity index (χ4n) is 1.34. The summed E-state index contributed by atoms with van der Waals surface area (Å²) in [6.45, 7) is 0. The second kappa shape index (κ2) is 5.57. The average molecular weight is 378 g/mol. The zero-order chi connectivity index (χ0) is 13.1. The van der Waals surface area contributed by atoms with Crippen LogP contribution in [-0.2, 0) is 0 Å². The van der Waals surface area contributed by atoms with Gasteiger partial charge in [0.05, 0.1) is 18.5 Å². The number of ether oxygens (including phenoxy) is 1. The summed E-state index contributed by atoms with van der Waals surface area (Å²) >= 11 is 7.86. The van der Waals surface area contributed by atoms with Crippen LogP contribution in [-0.4, -0.2) is 17.1 Å². The van der Waals surface area contributed by atoms with E-state index in [2.05, 4.69) is 15.3 Å². The molecule has 0 aliphatic carbocycles. The molecule has 18 heavy (non-hydrogen) atoms. The number of aromatic nitrogens is 2. The maximum atomic E-state index is 11.4. The highest BCUT2D eigenvalue weighted by molar-refractivity contribution is 14.1. The Bertz CT molecular complexity index is 630. The molecule has 1 aromatic heterocycles. The molecule has 0 amide bonds. The predicted octanol–water partition coefficient (Wildman–Crippen LogP) is 2.78. The van der Waals surface area contributed by atoms with Crippen molar-refractivity contribution >= 4 is 45.7 Å². The minimum absolute atomic E-state index is 0.186. The van der Waals surface area contributed by atoms with Crippen molar-refractivity contribution in [2.45, 2.75) is 0 Å². The fraction of sp³-hybridized carbons (Fsp3) is 0.0909. The van der Waals surface area contributed by atoms with E-state index in [0.29, 0.717) is 20.2 Å². The zero-order valence-electron chi connectivity index (χ0n) is 9.33. The van der Waals surface area contributed by atoms with E-state index < -0.39 is 0 Å². The standard InChI is InChI=1S/C11H9ClIN3O2/c1-18-8-4-6(2-3-7(8)12)16-10-9(13)11(17)15-5-14-10/h2-5H,1H3,(H2,14,15,16,17). The van der Waals surface area contributed by atoms with E-state index in [-0.39, 0.29) is 5.56 Å². The highest BCUT2D eigenvalue weighted by atomic mass is 127. The summed E-state index contributed by atoms with van der Waals surface area (Å²) < 4.78 is 5.60. The first-order valence-electron chi connectivity index (χ1n) is 4.95. The zero-order valence-corrected chi connectivity index (χ0v) is 12.2. The lowest BCUT2D eigenvalue weighted by atomic mass is 10.3. The number of rotatable bonds is 3. The van der Waals surface area contributed by atoms with Gasteiger partial charge in [0.25, 0.3) is 5.56 Å². The Balaban J connectivity index is 2.34. The van der Waals surface area contributed by atoms with Crippen molar-refractivity contribution in [3.63, 3.8) is 0 Å². The van der Waals surface area contributed by atoms with Gasteiger partial charge in [0.2, 0.25) is 0 Å². The molecule has 0 unspecified atom stereocenters. The maximum Gasteiger partial charge on any atom is 0.266 e. The summed E-state index contributed by atoms with van der Waals surface area (Å²) in [4.78, 5) is 18.0. The van der Waals surface area contributed by atoms with Crippen LogP contribution in [0.4, 0.5) is 11.5 Å². The van der Waals surface area contributed by atoms with Crippen LogP contribution in [0, 0.1) is 3.57 Å². The molecule has 0 fully saturated rings. The van der Waals surface area contributed by atoms with Gasteiger partial charge in [-0.05, 0) is 34.7 Å². The lowest BCUT2D eigenvalue weighted by Gasteiger charge is -2.09. The molecule has 1 heterocycles. The molecule has 1 aromatic carbocycles. The maximum absolute atomic E-state index is 11.4. The van der Waals surface area contributed by atoms with Crippen molar-refractivity contribution in [2.24, 2.45) is 0 Å². The van der Waals surface area contributed by atoms with E-state index in [1.54, 1.807) is 25.3 Å². The van der Waals surface area contributed by atoms with Crippen LogP contribution < -0.4 is 15.6 Å². The lowest BCUT2D eigenvalue weighted by Crippen LogP contribution is -2.12. The number of hydrogen-bond donors (Lipinski definition) is 2. The monoisotopic (exact) mass is 377 g/mol. The third-order valence-electron chi connectivity index (χ3n) is 2.21. The van der Waals surface area contributed by atoms with Crippen molar-refractivity contribution < 1.29 is 4.74 Å². The van der Waals surface area contributed by atoms with Crippen LogP contribution >= 0.6 is 34.2 Å².